The van der Waals surface area contributed by atoms with Gasteiger partial charge >= 0.3 is 0 Å². The summed E-state index contributed by atoms with van der Waals surface area (Å²) in [7, 11) is 2.02. The zero-order valence-corrected chi connectivity index (χ0v) is 12.5. The molecule has 1 aliphatic carbocycles. The van der Waals surface area contributed by atoms with Crippen molar-refractivity contribution in [3.8, 4) is 0 Å². The van der Waals surface area contributed by atoms with E-state index >= 15 is 0 Å². The Morgan fingerprint density at radius 1 is 1.42 bits per heavy atom. The van der Waals surface area contributed by atoms with E-state index < -0.39 is 0 Å². The molecule has 1 N–H and O–H groups in total. The van der Waals surface area contributed by atoms with Gasteiger partial charge in [0.1, 0.15) is 5.82 Å². The van der Waals surface area contributed by atoms with Crippen molar-refractivity contribution in [3.05, 3.63) is 34.6 Å². The average Bonchev–Trinajstić information content (AvgIpc) is 2.86. The zero-order valence-electron chi connectivity index (χ0n) is 11.8. The van der Waals surface area contributed by atoms with Crippen molar-refractivity contribution < 1.29 is 4.39 Å². The molecule has 1 fully saturated rings. The minimum Gasteiger partial charge on any atom is -0.316 e. The third kappa shape index (κ3) is 3.70. The molecule has 0 aliphatic heterocycles. The van der Waals surface area contributed by atoms with Gasteiger partial charge in [-0.05, 0) is 55.8 Å². The maximum absolute atomic E-state index is 13.1. The minimum atomic E-state index is -0.262. The molecule has 19 heavy (non-hydrogen) atoms. The van der Waals surface area contributed by atoms with Gasteiger partial charge in [0.25, 0.3) is 0 Å². The summed E-state index contributed by atoms with van der Waals surface area (Å²) >= 11 is 6.13. The molecule has 106 valence electrons. The molecule has 1 aliphatic rings. The zero-order chi connectivity index (χ0) is 13.8. The molecule has 0 spiro atoms. The second kappa shape index (κ2) is 6.71. The van der Waals surface area contributed by atoms with Crippen LogP contribution in [0.15, 0.2) is 18.2 Å². The van der Waals surface area contributed by atoms with Crippen LogP contribution in [0.4, 0.5) is 4.39 Å². The summed E-state index contributed by atoms with van der Waals surface area (Å²) in [6.07, 6.45) is 6.11. The molecular formula is C16H23ClFN. The number of hydrogen-bond acceptors (Lipinski definition) is 1. The van der Waals surface area contributed by atoms with Crippen LogP contribution in [0.5, 0.6) is 0 Å². The van der Waals surface area contributed by atoms with Gasteiger partial charge in [0, 0.05) is 11.1 Å². The first-order valence-corrected chi connectivity index (χ1v) is 7.63. The molecule has 3 unspecified atom stereocenters. The number of hydrogen-bond donors (Lipinski definition) is 1. The Kier molecular flexibility index (Phi) is 5.23. The lowest BCUT2D eigenvalue weighted by atomic mass is 9.91. The minimum absolute atomic E-state index is 0.262. The lowest BCUT2D eigenvalue weighted by Crippen LogP contribution is -2.34. The highest BCUT2D eigenvalue weighted by molar-refractivity contribution is 6.31. The molecule has 1 aromatic carbocycles. The molecule has 0 saturated heterocycles. The molecule has 2 rings (SSSR count). The smallest absolute Gasteiger partial charge is 0.124 e. The fourth-order valence-corrected chi connectivity index (χ4v) is 3.52. The van der Waals surface area contributed by atoms with Gasteiger partial charge in [-0.1, -0.05) is 37.4 Å². The third-order valence-electron chi connectivity index (χ3n) is 4.55. The summed E-state index contributed by atoms with van der Waals surface area (Å²) in [5, 5.41) is 3.97. The topological polar surface area (TPSA) is 12.0 Å². The summed E-state index contributed by atoms with van der Waals surface area (Å²) in [5.74, 6) is 1.34. The highest BCUT2D eigenvalue weighted by Crippen LogP contribution is 2.36. The lowest BCUT2D eigenvalue weighted by Gasteiger charge is -2.24. The van der Waals surface area contributed by atoms with Gasteiger partial charge in [0.05, 0.1) is 0 Å². The second-order valence-electron chi connectivity index (χ2n) is 5.68. The largest absolute Gasteiger partial charge is 0.316 e. The van der Waals surface area contributed by atoms with Gasteiger partial charge < -0.3 is 5.32 Å². The Hall–Kier alpha value is -0.600. The van der Waals surface area contributed by atoms with E-state index in [1.807, 2.05) is 13.1 Å². The van der Waals surface area contributed by atoms with E-state index in [-0.39, 0.29) is 5.82 Å². The van der Waals surface area contributed by atoms with E-state index in [1.165, 1.54) is 37.8 Å². The van der Waals surface area contributed by atoms with Crippen molar-refractivity contribution in [1.29, 1.82) is 0 Å². The second-order valence-corrected chi connectivity index (χ2v) is 6.09. The monoisotopic (exact) mass is 283 g/mol. The predicted octanol–water partition coefficient (Wildman–Crippen LogP) is 4.44. The van der Waals surface area contributed by atoms with Crippen molar-refractivity contribution >= 4 is 11.6 Å². The van der Waals surface area contributed by atoms with Gasteiger partial charge in [0.2, 0.25) is 0 Å². The van der Waals surface area contributed by atoms with Gasteiger partial charge in [-0.3, -0.25) is 0 Å². The average molecular weight is 284 g/mol. The molecule has 3 heteroatoms. The van der Waals surface area contributed by atoms with E-state index in [0.29, 0.717) is 11.1 Å². The van der Waals surface area contributed by atoms with Crippen LogP contribution >= 0.6 is 11.6 Å². The molecule has 0 heterocycles. The molecule has 1 aromatic rings. The Balaban J connectivity index is 2.03. The highest BCUT2D eigenvalue weighted by Gasteiger charge is 2.29. The molecule has 0 amide bonds. The summed E-state index contributed by atoms with van der Waals surface area (Å²) in [6.45, 7) is 2.28. The summed E-state index contributed by atoms with van der Waals surface area (Å²) in [5.41, 5.74) is 1.04. The van der Waals surface area contributed by atoms with Gasteiger partial charge in [-0.15, -0.1) is 0 Å². The Morgan fingerprint density at radius 2 is 2.21 bits per heavy atom. The SMILES string of the molecule is CCC1CCC(C(Cc2ccc(F)cc2Cl)NC)C1. The van der Waals surface area contributed by atoms with Crippen LogP contribution in [0.1, 0.15) is 38.2 Å². The van der Waals surface area contributed by atoms with Crippen LogP contribution in [0.3, 0.4) is 0 Å². The molecule has 0 bridgehead atoms. The van der Waals surface area contributed by atoms with E-state index in [4.69, 9.17) is 11.6 Å². The quantitative estimate of drug-likeness (QED) is 0.843. The first-order chi connectivity index (χ1) is 9.13. The van der Waals surface area contributed by atoms with Crippen LogP contribution in [-0.2, 0) is 6.42 Å². The fourth-order valence-electron chi connectivity index (χ4n) is 3.28. The molecule has 1 nitrogen and oxygen atoms in total. The summed E-state index contributed by atoms with van der Waals surface area (Å²) < 4.78 is 13.1. The Bertz CT molecular complexity index is 421. The van der Waals surface area contributed by atoms with Crippen LogP contribution in [0.2, 0.25) is 5.02 Å². The summed E-state index contributed by atoms with van der Waals surface area (Å²) in [6, 6.07) is 5.17. The normalized spacial score (nSPS) is 24.6. The van der Waals surface area contributed by atoms with Crippen molar-refractivity contribution in [2.24, 2.45) is 11.8 Å². The Morgan fingerprint density at radius 3 is 2.79 bits per heavy atom. The molecule has 0 aromatic heterocycles. The Labute approximate surface area is 120 Å². The molecule has 0 radical (unpaired) electrons. The van der Waals surface area contributed by atoms with Crippen molar-refractivity contribution in [1.82, 2.24) is 5.32 Å². The van der Waals surface area contributed by atoms with Crippen molar-refractivity contribution in [2.75, 3.05) is 7.05 Å². The predicted molar refractivity (Wildman–Crippen MR) is 79.1 cm³/mol. The van der Waals surface area contributed by atoms with Gasteiger partial charge in [0.15, 0.2) is 0 Å². The first-order valence-electron chi connectivity index (χ1n) is 7.25. The van der Waals surface area contributed by atoms with E-state index in [0.717, 1.165) is 23.8 Å². The van der Waals surface area contributed by atoms with Crippen LogP contribution in [0.25, 0.3) is 0 Å². The maximum Gasteiger partial charge on any atom is 0.124 e. The van der Waals surface area contributed by atoms with Gasteiger partial charge in [-0.25, -0.2) is 4.39 Å². The number of halogens is 2. The number of benzene rings is 1. The van der Waals surface area contributed by atoms with Crippen LogP contribution < -0.4 is 5.32 Å². The summed E-state index contributed by atoms with van der Waals surface area (Å²) in [4.78, 5) is 0. The van der Waals surface area contributed by atoms with E-state index in [9.17, 15) is 4.39 Å². The van der Waals surface area contributed by atoms with E-state index in [1.54, 1.807) is 0 Å². The number of rotatable bonds is 5. The van der Waals surface area contributed by atoms with Gasteiger partial charge in [-0.2, -0.15) is 0 Å². The first kappa shape index (κ1) is 14.8. The van der Waals surface area contributed by atoms with Crippen LogP contribution in [-0.4, -0.2) is 13.1 Å². The maximum atomic E-state index is 13.1. The third-order valence-corrected chi connectivity index (χ3v) is 4.91. The van der Waals surface area contributed by atoms with Crippen molar-refractivity contribution in [2.45, 2.75) is 45.1 Å². The number of nitrogens with one attached hydrogen (secondary N) is 1. The van der Waals surface area contributed by atoms with Crippen molar-refractivity contribution in [3.63, 3.8) is 0 Å². The molecule has 1 saturated carbocycles. The standard InChI is InChI=1S/C16H23ClFN/c1-3-11-4-5-13(8-11)16(19-2)9-12-6-7-14(18)10-15(12)17/h6-7,10-11,13,16,19H,3-5,8-9H2,1-2H3. The lowest BCUT2D eigenvalue weighted by molar-refractivity contribution is 0.361. The fraction of sp³-hybridized carbons (Fsp3) is 0.625. The van der Waals surface area contributed by atoms with Crippen LogP contribution in [0, 0.1) is 17.7 Å². The molecular weight excluding hydrogens is 261 g/mol. The molecule has 3 atom stereocenters. The number of likely N-dealkylation sites (N-methyl/N-ethyl adjacent to an activating group) is 1. The van der Waals surface area contributed by atoms with E-state index in [2.05, 4.69) is 12.2 Å². The highest BCUT2D eigenvalue weighted by atomic mass is 35.5.